The normalized spacial score (nSPS) is 15.3. The lowest BCUT2D eigenvalue weighted by atomic mass is 9.82. The molecule has 0 saturated heterocycles. The van der Waals surface area contributed by atoms with Gasteiger partial charge in [-0.25, -0.2) is 15.0 Å². The van der Waals surface area contributed by atoms with Crippen LogP contribution in [-0.4, -0.2) is 32.1 Å². The standard InChI is InChI=1S/C33H28BN3O2/c1-32(2)25-11-7-5-9-21(25)23-15-13-19(17-27(23)32)29-35-30(37-31(36-29)34(38)39)20-14-16-24-22-10-6-8-12-26(22)33(3,4)28(24)18-20/h5-18,38-39H,1-4H3. The van der Waals surface area contributed by atoms with Gasteiger partial charge in [0, 0.05) is 22.0 Å². The summed E-state index contributed by atoms with van der Waals surface area (Å²) in [6, 6.07) is 29.5. The maximum atomic E-state index is 10.1. The van der Waals surface area contributed by atoms with Gasteiger partial charge in [0.15, 0.2) is 17.4 Å². The van der Waals surface area contributed by atoms with Gasteiger partial charge < -0.3 is 10.0 Å². The van der Waals surface area contributed by atoms with Crippen molar-refractivity contribution in [2.75, 3.05) is 0 Å². The molecule has 39 heavy (non-hydrogen) atoms. The van der Waals surface area contributed by atoms with Crippen LogP contribution in [0.5, 0.6) is 0 Å². The van der Waals surface area contributed by atoms with Gasteiger partial charge in [-0.15, -0.1) is 0 Å². The third kappa shape index (κ3) is 3.45. The van der Waals surface area contributed by atoms with Crippen LogP contribution in [0.2, 0.25) is 0 Å². The Hall–Kier alpha value is -4.13. The molecule has 0 aliphatic heterocycles. The molecule has 2 N–H and O–H groups in total. The summed E-state index contributed by atoms with van der Waals surface area (Å²) < 4.78 is 0. The topological polar surface area (TPSA) is 79.1 Å². The molecule has 0 radical (unpaired) electrons. The van der Waals surface area contributed by atoms with Crippen LogP contribution in [0.15, 0.2) is 84.9 Å². The summed E-state index contributed by atoms with van der Waals surface area (Å²) in [7, 11) is -1.81. The van der Waals surface area contributed by atoms with E-state index in [-0.39, 0.29) is 16.6 Å². The molecule has 0 amide bonds. The van der Waals surface area contributed by atoms with E-state index < -0.39 is 7.12 Å². The van der Waals surface area contributed by atoms with E-state index in [1.165, 1.54) is 44.5 Å². The number of nitrogens with zero attached hydrogens (tertiary/aromatic N) is 3. The number of aromatic nitrogens is 3. The number of rotatable bonds is 3. The van der Waals surface area contributed by atoms with Gasteiger partial charge in [0.25, 0.3) is 0 Å². The molecule has 0 spiro atoms. The minimum absolute atomic E-state index is 0.0684. The van der Waals surface area contributed by atoms with Crippen LogP contribution in [0.25, 0.3) is 45.0 Å². The summed E-state index contributed by atoms with van der Waals surface area (Å²) in [5, 5.41) is 20.2. The number of hydrogen-bond acceptors (Lipinski definition) is 5. The molecule has 2 aliphatic rings. The fraction of sp³-hybridized carbons (Fsp3) is 0.182. The molecule has 190 valence electrons. The van der Waals surface area contributed by atoms with E-state index in [4.69, 9.17) is 4.98 Å². The van der Waals surface area contributed by atoms with E-state index in [1.807, 2.05) is 12.1 Å². The lowest BCUT2D eigenvalue weighted by Gasteiger charge is -2.22. The van der Waals surface area contributed by atoms with Gasteiger partial charge in [0.2, 0.25) is 0 Å². The van der Waals surface area contributed by atoms with Gasteiger partial charge in [-0.3, -0.25) is 0 Å². The molecule has 5 nitrogen and oxygen atoms in total. The summed E-state index contributed by atoms with van der Waals surface area (Å²) >= 11 is 0. The summed E-state index contributed by atoms with van der Waals surface area (Å²) in [5.74, 6) is 0.835. The number of benzene rings is 4. The Labute approximate surface area is 228 Å². The fourth-order valence-electron chi connectivity index (χ4n) is 6.45. The van der Waals surface area contributed by atoms with E-state index in [0.29, 0.717) is 11.6 Å². The van der Waals surface area contributed by atoms with Crippen molar-refractivity contribution in [2.45, 2.75) is 38.5 Å². The zero-order chi connectivity index (χ0) is 27.1. The van der Waals surface area contributed by atoms with Crippen LogP contribution >= 0.6 is 0 Å². The maximum Gasteiger partial charge on any atom is 0.528 e. The highest BCUT2D eigenvalue weighted by Gasteiger charge is 2.37. The Kier molecular flexibility index (Phi) is 5.03. The minimum atomic E-state index is -1.81. The zero-order valence-corrected chi connectivity index (χ0v) is 22.4. The predicted molar refractivity (Wildman–Crippen MR) is 156 cm³/mol. The molecule has 0 saturated carbocycles. The van der Waals surface area contributed by atoms with Crippen LogP contribution in [0, 0.1) is 0 Å². The molecule has 2 aliphatic carbocycles. The molecule has 1 aromatic heterocycles. The van der Waals surface area contributed by atoms with Crippen molar-refractivity contribution < 1.29 is 10.0 Å². The van der Waals surface area contributed by atoms with Crippen molar-refractivity contribution in [3.05, 3.63) is 107 Å². The average Bonchev–Trinajstić information content (AvgIpc) is 3.32. The highest BCUT2D eigenvalue weighted by atomic mass is 16.4. The van der Waals surface area contributed by atoms with E-state index >= 15 is 0 Å². The number of fused-ring (bicyclic) bond motifs is 6. The SMILES string of the molecule is CC1(C)c2ccccc2-c2ccc(-c3nc(B(O)O)nc(-c4ccc5c(c4)C(C)(C)c4ccccc4-5)n3)cc21. The summed E-state index contributed by atoms with van der Waals surface area (Å²) in [5.41, 5.74) is 11.1. The van der Waals surface area contributed by atoms with Crippen molar-refractivity contribution in [2.24, 2.45) is 0 Å². The highest BCUT2D eigenvalue weighted by molar-refractivity contribution is 6.56. The molecule has 7 rings (SSSR count). The first kappa shape index (κ1) is 24.0. The van der Waals surface area contributed by atoms with Gasteiger partial charge in [0.05, 0.1) is 0 Å². The van der Waals surface area contributed by atoms with Gasteiger partial charge in [0.1, 0.15) is 0 Å². The third-order valence-corrected chi connectivity index (χ3v) is 8.57. The van der Waals surface area contributed by atoms with Crippen molar-refractivity contribution in [3.8, 4) is 45.0 Å². The first-order valence-electron chi connectivity index (χ1n) is 13.3. The average molecular weight is 509 g/mol. The molecule has 0 fully saturated rings. The van der Waals surface area contributed by atoms with Crippen molar-refractivity contribution >= 4 is 12.8 Å². The van der Waals surface area contributed by atoms with Gasteiger partial charge in [-0.05, 0) is 56.6 Å². The Balaban J connectivity index is 1.36. The van der Waals surface area contributed by atoms with Crippen molar-refractivity contribution in [1.29, 1.82) is 0 Å². The van der Waals surface area contributed by atoms with Crippen LogP contribution in [0.3, 0.4) is 0 Å². The quantitative estimate of drug-likeness (QED) is 0.314. The molecule has 5 aromatic rings. The van der Waals surface area contributed by atoms with Crippen molar-refractivity contribution in [1.82, 2.24) is 15.0 Å². The first-order valence-corrected chi connectivity index (χ1v) is 13.3. The largest absolute Gasteiger partial charge is 0.528 e. The molecular weight excluding hydrogens is 481 g/mol. The highest BCUT2D eigenvalue weighted by Crippen LogP contribution is 2.50. The Bertz CT molecular complexity index is 1680. The van der Waals surface area contributed by atoms with Gasteiger partial charge in [-0.2, -0.15) is 0 Å². The summed E-state index contributed by atoms with van der Waals surface area (Å²) in [6.45, 7) is 8.92. The molecule has 0 unspecified atom stereocenters. The Morgan fingerprint density at radius 2 is 0.923 bits per heavy atom. The molecule has 0 atom stereocenters. The summed E-state index contributed by atoms with van der Waals surface area (Å²) in [6.07, 6.45) is 0. The van der Waals surface area contributed by atoms with Crippen LogP contribution < -0.4 is 5.72 Å². The van der Waals surface area contributed by atoms with Crippen molar-refractivity contribution in [3.63, 3.8) is 0 Å². The van der Waals surface area contributed by atoms with E-state index in [1.54, 1.807) is 0 Å². The Morgan fingerprint density at radius 1 is 0.513 bits per heavy atom. The second-order valence-corrected chi connectivity index (χ2v) is 11.6. The molecule has 0 bridgehead atoms. The second-order valence-electron chi connectivity index (χ2n) is 11.6. The smallest absolute Gasteiger partial charge is 0.421 e. The molecular formula is C33H28BN3O2. The summed E-state index contributed by atoms with van der Waals surface area (Å²) in [4.78, 5) is 13.8. The second kappa shape index (κ2) is 8.19. The van der Waals surface area contributed by atoms with Gasteiger partial charge >= 0.3 is 7.12 Å². The van der Waals surface area contributed by atoms with Gasteiger partial charge in [-0.1, -0.05) is 100 Å². The molecule has 1 heterocycles. The molecule has 4 aromatic carbocycles. The predicted octanol–water partition coefficient (Wildman–Crippen LogP) is 5.50. The van der Waals surface area contributed by atoms with Crippen LogP contribution in [0.1, 0.15) is 49.9 Å². The Morgan fingerprint density at radius 3 is 1.36 bits per heavy atom. The number of hydrogen-bond donors (Lipinski definition) is 2. The van der Waals surface area contributed by atoms with Crippen LogP contribution in [0.4, 0.5) is 0 Å². The maximum absolute atomic E-state index is 10.1. The lowest BCUT2D eigenvalue weighted by Crippen LogP contribution is -2.36. The zero-order valence-electron chi connectivity index (χ0n) is 22.4. The fourth-order valence-corrected chi connectivity index (χ4v) is 6.45. The first-order chi connectivity index (χ1) is 18.7. The van der Waals surface area contributed by atoms with Crippen LogP contribution in [-0.2, 0) is 10.8 Å². The third-order valence-electron chi connectivity index (χ3n) is 8.57. The molecule has 6 heteroatoms. The monoisotopic (exact) mass is 509 g/mol. The van der Waals surface area contributed by atoms with E-state index in [0.717, 1.165) is 11.1 Å². The van der Waals surface area contributed by atoms with E-state index in [9.17, 15) is 10.0 Å². The van der Waals surface area contributed by atoms with E-state index in [2.05, 4.69) is 110 Å². The minimum Gasteiger partial charge on any atom is -0.421 e. The lowest BCUT2D eigenvalue weighted by molar-refractivity contribution is 0.422.